The predicted molar refractivity (Wildman–Crippen MR) is 53.9 cm³/mol. The Balaban J connectivity index is 2.28. The van der Waals surface area contributed by atoms with Crippen LogP contribution >= 0.6 is 0 Å². The Morgan fingerprint density at radius 2 is 2.07 bits per heavy atom. The Bertz CT molecular complexity index is 589. The molecule has 4 nitrogen and oxygen atoms in total. The van der Waals surface area contributed by atoms with Gasteiger partial charge in [0, 0.05) is 11.6 Å². The molecule has 3 aromatic rings. The van der Waals surface area contributed by atoms with Gasteiger partial charge in [-0.3, -0.25) is 0 Å². The summed E-state index contributed by atoms with van der Waals surface area (Å²) in [4.78, 5) is 4.11. The molecule has 0 amide bonds. The van der Waals surface area contributed by atoms with Crippen molar-refractivity contribution >= 4 is 11.0 Å². The molecule has 0 saturated carbocycles. The molecule has 2 heterocycles. The molecule has 1 radical (unpaired) electrons. The maximum Gasteiger partial charge on any atom is 0.186 e. The fourth-order valence-corrected chi connectivity index (χ4v) is 1.45. The van der Waals surface area contributed by atoms with Crippen LogP contribution in [0.2, 0.25) is 0 Å². The summed E-state index contributed by atoms with van der Waals surface area (Å²) in [5.41, 5.74) is 1.53. The quantitative estimate of drug-likeness (QED) is 0.598. The summed E-state index contributed by atoms with van der Waals surface area (Å²) in [6.07, 6.45) is 5.92. The maximum atomic E-state index is 5.27. The van der Waals surface area contributed by atoms with Crippen molar-refractivity contribution in [3.05, 3.63) is 42.9 Å². The molecule has 0 aliphatic carbocycles. The molecule has 0 aliphatic heterocycles. The number of fused-ring (bicyclic) bond motifs is 1. The van der Waals surface area contributed by atoms with Gasteiger partial charge >= 0.3 is 0 Å². The number of benzene rings is 1. The molecule has 3 rings (SSSR count). The van der Waals surface area contributed by atoms with E-state index in [0.29, 0.717) is 5.82 Å². The number of hydrogen-bond acceptors (Lipinski definition) is 4. The molecule has 71 valence electrons. The number of nitrogens with zero attached hydrogens (tertiary/aromatic N) is 3. The monoisotopic (exact) mass is 196 g/mol. The number of para-hydroxylation sites is 1. The molecule has 0 bridgehead atoms. The molecular formula is C11H6N3O. The van der Waals surface area contributed by atoms with E-state index < -0.39 is 0 Å². The first kappa shape index (κ1) is 8.11. The summed E-state index contributed by atoms with van der Waals surface area (Å²) in [6.45, 7) is 0. The molecule has 2 aromatic heterocycles. The molecule has 4 heteroatoms. The summed E-state index contributed by atoms with van der Waals surface area (Å²) >= 11 is 0. The highest BCUT2D eigenvalue weighted by molar-refractivity contribution is 5.91. The zero-order chi connectivity index (χ0) is 10.1. The van der Waals surface area contributed by atoms with E-state index in [1.54, 1.807) is 6.20 Å². The lowest BCUT2D eigenvalue weighted by Crippen LogP contribution is -1.88. The van der Waals surface area contributed by atoms with Crippen molar-refractivity contribution in [2.45, 2.75) is 0 Å². The van der Waals surface area contributed by atoms with Gasteiger partial charge in [-0.15, -0.1) is 5.10 Å². The fraction of sp³-hybridized carbons (Fsp3) is 0. The third kappa shape index (κ3) is 1.27. The number of hydrogen-bond donors (Lipinski definition) is 0. The first-order valence-electron chi connectivity index (χ1n) is 4.48. The number of aromatic nitrogens is 3. The molecule has 0 unspecified atom stereocenters. The summed E-state index contributed by atoms with van der Waals surface area (Å²) in [5, 5.41) is 8.64. The van der Waals surface area contributed by atoms with Crippen LogP contribution in [-0.2, 0) is 0 Å². The van der Waals surface area contributed by atoms with Crippen LogP contribution in [-0.4, -0.2) is 15.2 Å². The summed E-state index contributed by atoms with van der Waals surface area (Å²) in [5.74, 6) is 0.530. The molecule has 0 N–H and O–H groups in total. The van der Waals surface area contributed by atoms with Gasteiger partial charge in [-0.2, -0.15) is 5.10 Å². The Kier molecular flexibility index (Phi) is 1.71. The van der Waals surface area contributed by atoms with E-state index in [2.05, 4.69) is 21.4 Å². The lowest BCUT2D eigenvalue weighted by molar-refractivity contribution is 0.606. The van der Waals surface area contributed by atoms with Gasteiger partial charge in [0.1, 0.15) is 5.58 Å². The Morgan fingerprint density at radius 1 is 1.13 bits per heavy atom. The Hall–Kier alpha value is -2.23. The van der Waals surface area contributed by atoms with Gasteiger partial charge in [0.15, 0.2) is 12.1 Å². The minimum atomic E-state index is 0.530. The second-order valence-corrected chi connectivity index (χ2v) is 3.04. The van der Waals surface area contributed by atoms with Crippen LogP contribution in [0.3, 0.4) is 0 Å². The molecule has 0 aliphatic rings. The molecular weight excluding hydrogens is 190 g/mol. The van der Waals surface area contributed by atoms with Crippen LogP contribution in [0, 0.1) is 6.26 Å². The largest absolute Gasteiger partial charge is 0.452 e. The Labute approximate surface area is 85.6 Å². The van der Waals surface area contributed by atoms with Crippen molar-refractivity contribution in [1.82, 2.24) is 15.2 Å². The Morgan fingerprint density at radius 3 is 2.93 bits per heavy atom. The second-order valence-electron chi connectivity index (χ2n) is 3.04. The summed E-state index contributed by atoms with van der Waals surface area (Å²) < 4.78 is 5.27. The molecule has 0 fully saturated rings. The third-order valence-electron chi connectivity index (χ3n) is 2.13. The lowest BCUT2D eigenvalue weighted by atomic mass is 10.2. The number of furan rings is 1. The van der Waals surface area contributed by atoms with Gasteiger partial charge in [-0.25, -0.2) is 4.98 Å². The topological polar surface area (TPSA) is 51.8 Å². The van der Waals surface area contributed by atoms with Crippen LogP contribution in [0.5, 0.6) is 0 Å². The van der Waals surface area contributed by atoms with Gasteiger partial charge in [0.25, 0.3) is 0 Å². The van der Waals surface area contributed by atoms with E-state index in [1.165, 1.54) is 6.20 Å². The van der Waals surface area contributed by atoms with E-state index in [0.717, 1.165) is 16.5 Å². The molecule has 15 heavy (non-hydrogen) atoms. The van der Waals surface area contributed by atoms with Crippen molar-refractivity contribution < 1.29 is 4.42 Å². The maximum absolute atomic E-state index is 5.27. The minimum absolute atomic E-state index is 0.530. The van der Waals surface area contributed by atoms with Gasteiger partial charge in [0.2, 0.25) is 0 Å². The van der Waals surface area contributed by atoms with Crippen molar-refractivity contribution in [3.8, 4) is 11.4 Å². The zero-order valence-corrected chi connectivity index (χ0v) is 7.71. The van der Waals surface area contributed by atoms with Gasteiger partial charge in [-0.05, 0) is 6.07 Å². The highest BCUT2D eigenvalue weighted by Crippen LogP contribution is 2.26. The van der Waals surface area contributed by atoms with E-state index in [9.17, 15) is 0 Å². The molecule has 0 saturated heterocycles. The van der Waals surface area contributed by atoms with E-state index in [4.69, 9.17) is 4.42 Å². The van der Waals surface area contributed by atoms with E-state index in [1.807, 2.05) is 24.3 Å². The van der Waals surface area contributed by atoms with Crippen LogP contribution in [0.25, 0.3) is 22.4 Å². The van der Waals surface area contributed by atoms with Gasteiger partial charge < -0.3 is 4.42 Å². The zero-order valence-electron chi connectivity index (χ0n) is 7.71. The van der Waals surface area contributed by atoms with E-state index in [-0.39, 0.29) is 0 Å². The number of rotatable bonds is 1. The highest BCUT2D eigenvalue weighted by atomic mass is 16.3. The molecule has 0 spiro atoms. The van der Waals surface area contributed by atoms with Crippen molar-refractivity contribution in [1.29, 1.82) is 0 Å². The molecule has 0 atom stereocenters. The van der Waals surface area contributed by atoms with Gasteiger partial charge in [0.05, 0.1) is 11.8 Å². The first-order valence-corrected chi connectivity index (χ1v) is 4.48. The average Bonchev–Trinajstić information content (AvgIpc) is 2.74. The second kappa shape index (κ2) is 3.16. The fourth-order valence-electron chi connectivity index (χ4n) is 1.45. The summed E-state index contributed by atoms with van der Waals surface area (Å²) in [6, 6.07) is 7.67. The van der Waals surface area contributed by atoms with Crippen LogP contribution in [0.15, 0.2) is 41.1 Å². The minimum Gasteiger partial charge on any atom is -0.452 e. The average molecular weight is 196 g/mol. The summed E-state index contributed by atoms with van der Waals surface area (Å²) in [7, 11) is 0. The van der Waals surface area contributed by atoms with E-state index >= 15 is 0 Å². The van der Waals surface area contributed by atoms with Crippen molar-refractivity contribution in [3.63, 3.8) is 0 Å². The standard InChI is InChI=1S/C11H6N3O/c1-2-4-10-8(3-1)9(7-15-10)11-12-5-6-13-14-11/h1-6H. The highest BCUT2D eigenvalue weighted by Gasteiger charge is 2.10. The lowest BCUT2D eigenvalue weighted by Gasteiger charge is -1.92. The first-order chi connectivity index (χ1) is 7.45. The van der Waals surface area contributed by atoms with Crippen LogP contribution in [0.4, 0.5) is 0 Å². The predicted octanol–water partition coefficient (Wildman–Crippen LogP) is 2.08. The third-order valence-corrected chi connectivity index (χ3v) is 2.13. The SMILES string of the molecule is [c]1oc2ccccc2c1-c1nccnn1. The van der Waals surface area contributed by atoms with Gasteiger partial charge in [-0.1, -0.05) is 18.2 Å². The van der Waals surface area contributed by atoms with Crippen molar-refractivity contribution in [2.75, 3.05) is 0 Å². The van der Waals surface area contributed by atoms with Crippen LogP contribution in [0.1, 0.15) is 0 Å². The van der Waals surface area contributed by atoms with Crippen molar-refractivity contribution in [2.24, 2.45) is 0 Å². The smallest absolute Gasteiger partial charge is 0.186 e. The normalized spacial score (nSPS) is 10.7. The molecule has 1 aromatic carbocycles. The van der Waals surface area contributed by atoms with Crippen LogP contribution < -0.4 is 0 Å².